The van der Waals surface area contributed by atoms with Crippen molar-refractivity contribution in [1.29, 1.82) is 0 Å². The first-order valence-electron chi connectivity index (χ1n) is 8.98. The normalized spacial score (nSPS) is 18.2. The lowest BCUT2D eigenvalue weighted by Crippen LogP contribution is -2.39. The van der Waals surface area contributed by atoms with Gasteiger partial charge < -0.3 is 9.47 Å². The molecule has 4 heterocycles. The number of likely N-dealkylation sites (tertiary alicyclic amines) is 1. The van der Waals surface area contributed by atoms with Gasteiger partial charge in [0.15, 0.2) is 0 Å². The highest BCUT2D eigenvalue weighted by atomic mass is 32.1. The number of fused-ring (bicyclic) bond motifs is 1. The monoisotopic (exact) mass is 370 g/mol. The van der Waals surface area contributed by atoms with Crippen LogP contribution in [0.2, 0.25) is 0 Å². The molecule has 1 aliphatic heterocycles. The molecule has 0 aliphatic carbocycles. The van der Waals surface area contributed by atoms with Gasteiger partial charge in [-0.05, 0) is 36.4 Å². The summed E-state index contributed by atoms with van der Waals surface area (Å²) in [4.78, 5) is 32.7. The van der Waals surface area contributed by atoms with Gasteiger partial charge in [0.25, 0.3) is 5.56 Å². The van der Waals surface area contributed by atoms with Gasteiger partial charge in [-0.3, -0.25) is 14.2 Å². The van der Waals surface area contributed by atoms with E-state index in [1.165, 1.54) is 22.2 Å². The molecule has 3 aromatic rings. The summed E-state index contributed by atoms with van der Waals surface area (Å²) < 4.78 is 3.52. The maximum atomic E-state index is 13.1. The summed E-state index contributed by atoms with van der Waals surface area (Å²) in [5, 5.41) is 2.44. The van der Waals surface area contributed by atoms with Crippen molar-refractivity contribution in [2.45, 2.75) is 38.3 Å². The average Bonchev–Trinajstić information content (AvgIpc) is 3.20. The maximum Gasteiger partial charge on any atom is 0.262 e. The van der Waals surface area contributed by atoms with E-state index < -0.39 is 0 Å². The molecule has 1 unspecified atom stereocenters. The van der Waals surface area contributed by atoms with Crippen LogP contribution in [0.5, 0.6) is 0 Å². The highest BCUT2D eigenvalue weighted by Crippen LogP contribution is 2.30. The van der Waals surface area contributed by atoms with Crippen LogP contribution in [0.3, 0.4) is 0 Å². The molecular weight excluding hydrogens is 348 g/mol. The number of thiophene rings is 1. The molecule has 0 aromatic carbocycles. The van der Waals surface area contributed by atoms with Crippen LogP contribution >= 0.6 is 11.3 Å². The van der Waals surface area contributed by atoms with E-state index in [4.69, 9.17) is 0 Å². The Balaban J connectivity index is 1.62. The molecule has 0 N–H and O–H groups in total. The summed E-state index contributed by atoms with van der Waals surface area (Å²) in [7, 11) is 2.02. The first-order valence-corrected chi connectivity index (χ1v) is 9.86. The van der Waals surface area contributed by atoms with Crippen molar-refractivity contribution in [2.24, 2.45) is 7.05 Å². The second-order valence-corrected chi connectivity index (χ2v) is 7.71. The molecule has 0 radical (unpaired) electrons. The standard InChI is InChI=1S/C19H22N4O2S/c1-21-9-5-7-15(21)16-6-3-2-4-10-23(16)17(24)12-22-13-20-18-14(19(22)25)8-11-26-18/h5,7-9,11,13,16H,2-4,6,10,12H2,1H3. The van der Waals surface area contributed by atoms with E-state index in [0.717, 1.165) is 42.8 Å². The van der Waals surface area contributed by atoms with Gasteiger partial charge in [-0.15, -0.1) is 11.3 Å². The fourth-order valence-corrected chi connectivity index (χ4v) is 4.50. The second-order valence-electron chi connectivity index (χ2n) is 6.81. The van der Waals surface area contributed by atoms with Crippen LogP contribution in [-0.4, -0.2) is 31.5 Å². The van der Waals surface area contributed by atoms with E-state index in [2.05, 4.69) is 15.6 Å². The number of carbonyl (C=O) groups excluding carboxylic acids is 1. The predicted octanol–water partition coefficient (Wildman–Crippen LogP) is 2.94. The number of nitrogens with zero attached hydrogens (tertiary/aromatic N) is 4. The van der Waals surface area contributed by atoms with Gasteiger partial charge in [0.05, 0.1) is 17.8 Å². The molecule has 4 rings (SSSR count). The Morgan fingerprint density at radius 3 is 3.00 bits per heavy atom. The number of rotatable bonds is 3. The van der Waals surface area contributed by atoms with Crippen LogP contribution in [0.1, 0.15) is 37.4 Å². The molecule has 0 saturated carbocycles. The summed E-state index contributed by atoms with van der Waals surface area (Å²) in [6, 6.07) is 5.94. The van der Waals surface area contributed by atoms with Gasteiger partial charge in [0, 0.05) is 25.5 Å². The molecule has 136 valence electrons. The number of hydrogen-bond acceptors (Lipinski definition) is 4. The van der Waals surface area contributed by atoms with Crippen molar-refractivity contribution in [2.75, 3.05) is 6.54 Å². The first kappa shape index (κ1) is 17.0. The second kappa shape index (κ2) is 7.07. The van der Waals surface area contributed by atoms with Crippen LogP contribution in [0.4, 0.5) is 0 Å². The number of aromatic nitrogens is 3. The van der Waals surface area contributed by atoms with E-state index in [9.17, 15) is 9.59 Å². The first-order chi connectivity index (χ1) is 12.6. The molecule has 26 heavy (non-hydrogen) atoms. The fourth-order valence-electron chi connectivity index (χ4n) is 3.78. The van der Waals surface area contributed by atoms with E-state index in [1.54, 1.807) is 6.07 Å². The molecule has 1 saturated heterocycles. The molecule has 1 fully saturated rings. The third-order valence-electron chi connectivity index (χ3n) is 5.15. The topological polar surface area (TPSA) is 60.1 Å². The van der Waals surface area contributed by atoms with Gasteiger partial charge >= 0.3 is 0 Å². The summed E-state index contributed by atoms with van der Waals surface area (Å²) in [6.07, 6.45) is 7.72. The molecule has 1 aliphatic rings. The SMILES string of the molecule is Cn1cccc1C1CCCCCN1C(=O)Cn1cnc2sccc2c1=O. The minimum Gasteiger partial charge on any atom is -0.353 e. The summed E-state index contributed by atoms with van der Waals surface area (Å²) >= 11 is 1.44. The molecular formula is C19H22N4O2S. The summed E-state index contributed by atoms with van der Waals surface area (Å²) in [5.41, 5.74) is 1.01. The Hall–Kier alpha value is -2.41. The zero-order chi connectivity index (χ0) is 18.1. The van der Waals surface area contributed by atoms with Crippen molar-refractivity contribution >= 4 is 27.5 Å². The minimum absolute atomic E-state index is 0.0171. The van der Waals surface area contributed by atoms with Gasteiger partial charge in [-0.2, -0.15) is 0 Å². The Morgan fingerprint density at radius 1 is 1.31 bits per heavy atom. The Bertz CT molecular complexity index is 987. The lowest BCUT2D eigenvalue weighted by molar-refractivity contribution is -0.134. The summed E-state index contributed by atoms with van der Waals surface area (Å²) in [5.74, 6) is -0.0171. The van der Waals surface area contributed by atoms with E-state index in [1.807, 2.05) is 29.6 Å². The molecule has 1 amide bonds. The minimum atomic E-state index is -0.144. The molecule has 6 nitrogen and oxygen atoms in total. The van der Waals surface area contributed by atoms with Crippen molar-refractivity contribution in [3.05, 3.63) is 52.2 Å². The number of carbonyl (C=O) groups is 1. The van der Waals surface area contributed by atoms with Crippen LogP contribution in [0.15, 0.2) is 40.9 Å². The maximum absolute atomic E-state index is 13.1. The zero-order valence-electron chi connectivity index (χ0n) is 14.8. The average molecular weight is 370 g/mol. The van der Waals surface area contributed by atoms with Crippen molar-refractivity contribution in [1.82, 2.24) is 19.0 Å². The van der Waals surface area contributed by atoms with E-state index in [0.29, 0.717) is 5.39 Å². The molecule has 0 spiro atoms. The van der Waals surface area contributed by atoms with Gasteiger partial charge in [-0.25, -0.2) is 4.98 Å². The molecule has 1 atom stereocenters. The van der Waals surface area contributed by atoms with Gasteiger partial charge in [0.2, 0.25) is 5.91 Å². The lowest BCUT2D eigenvalue weighted by Gasteiger charge is -2.31. The van der Waals surface area contributed by atoms with Crippen molar-refractivity contribution in [3.63, 3.8) is 0 Å². The van der Waals surface area contributed by atoms with Crippen LogP contribution in [0.25, 0.3) is 10.2 Å². The van der Waals surface area contributed by atoms with Crippen molar-refractivity contribution < 1.29 is 4.79 Å². The number of aryl methyl sites for hydroxylation is 1. The molecule has 7 heteroatoms. The van der Waals surface area contributed by atoms with Gasteiger partial charge in [-0.1, -0.05) is 12.8 Å². The van der Waals surface area contributed by atoms with Crippen molar-refractivity contribution in [3.8, 4) is 0 Å². The highest BCUT2D eigenvalue weighted by molar-refractivity contribution is 7.16. The lowest BCUT2D eigenvalue weighted by atomic mass is 10.1. The highest BCUT2D eigenvalue weighted by Gasteiger charge is 2.28. The van der Waals surface area contributed by atoms with E-state index in [-0.39, 0.29) is 24.1 Å². The smallest absolute Gasteiger partial charge is 0.262 e. The number of hydrogen-bond donors (Lipinski definition) is 0. The Kier molecular flexibility index (Phi) is 4.63. The Labute approximate surface area is 155 Å². The van der Waals surface area contributed by atoms with E-state index >= 15 is 0 Å². The fraction of sp³-hybridized carbons (Fsp3) is 0.421. The van der Waals surface area contributed by atoms with Crippen LogP contribution in [0, 0.1) is 0 Å². The summed E-state index contributed by atoms with van der Waals surface area (Å²) in [6.45, 7) is 0.774. The molecule has 0 bridgehead atoms. The quantitative estimate of drug-likeness (QED) is 0.712. The Morgan fingerprint density at radius 2 is 2.19 bits per heavy atom. The third kappa shape index (κ3) is 3.07. The van der Waals surface area contributed by atoms with Gasteiger partial charge in [0.1, 0.15) is 11.4 Å². The number of amides is 1. The third-order valence-corrected chi connectivity index (χ3v) is 5.98. The largest absolute Gasteiger partial charge is 0.353 e. The molecule has 3 aromatic heterocycles. The van der Waals surface area contributed by atoms with Crippen LogP contribution in [-0.2, 0) is 18.4 Å². The zero-order valence-corrected chi connectivity index (χ0v) is 15.6. The predicted molar refractivity (Wildman–Crippen MR) is 102 cm³/mol. The van der Waals surface area contributed by atoms with Crippen LogP contribution < -0.4 is 5.56 Å².